The maximum absolute atomic E-state index is 8.71. The molecule has 2 nitrogen and oxygen atoms in total. The maximum Gasteiger partial charge on any atom is 0.0645 e. The highest BCUT2D eigenvalue weighted by atomic mass is 15.0. The largest absolute Gasteiger partial charge is 0.309 e. The fourth-order valence-corrected chi connectivity index (χ4v) is 4.62. The normalized spacial score (nSPS) is 16.1. The van der Waals surface area contributed by atoms with Gasteiger partial charge in [0.05, 0.1) is 35.8 Å². The van der Waals surface area contributed by atoms with Crippen LogP contribution in [0.15, 0.2) is 121 Å². The first-order valence-corrected chi connectivity index (χ1v) is 10.2. The molecular formula is C30H20N2. The number of benzene rings is 5. The third-order valence-corrected chi connectivity index (χ3v) is 5.89. The van der Waals surface area contributed by atoms with Crippen molar-refractivity contribution in [1.82, 2.24) is 9.13 Å². The predicted octanol–water partition coefficient (Wildman–Crippen LogP) is 7.88. The molecule has 0 atom stereocenters. The first-order chi connectivity index (χ1) is 20.0. The Morgan fingerprint density at radius 2 is 0.875 bits per heavy atom. The molecule has 7 rings (SSSR count). The fourth-order valence-electron chi connectivity index (χ4n) is 4.62. The third kappa shape index (κ3) is 2.35. The Hall–Kier alpha value is -4.30. The van der Waals surface area contributed by atoms with Crippen molar-refractivity contribution >= 4 is 43.6 Å². The Kier molecular flexibility index (Phi) is 2.13. The second-order valence-corrected chi connectivity index (χ2v) is 7.54. The van der Waals surface area contributed by atoms with Crippen LogP contribution < -0.4 is 0 Å². The summed E-state index contributed by atoms with van der Waals surface area (Å²) in [5.41, 5.74) is 2.35. The molecule has 0 saturated carbocycles. The monoisotopic (exact) mass is 418 g/mol. The van der Waals surface area contributed by atoms with Crippen molar-refractivity contribution in [3.8, 4) is 11.4 Å². The van der Waals surface area contributed by atoms with Crippen LogP contribution >= 0.6 is 0 Å². The minimum atomic E-state index is -0.488. The summed E-state index contributed by atoms with van der Waals surface area (Å²) < 4.78 is 87.4. The summed E-state index contributed by atoms with van der Waals surface area (Å²) in [7, 11) is 0. The highest BCUT2D eigenvalue weighted by molar-refractivity contribution is 6.19. The van der Waals surface area contributed by atoms with Gasteiger partial charge in [0.2, 0.25) is 0 Å². The van der Waals surface area contributed by atoms with E-state index < -0.39 is 36.3 Å². The van der Waals surface area contributed by atoms with Gasteiger partial charge in [-0.2, -0.15) is 0 Å². The van der Waals surface area contributed by atoms with E-state index in [0.717, 1.165) is 21.5 Å². The summed E-state index contributed by atoms with van der Waals surface area (Å²) in [5.74, 6) is 0. The van der Waals surface area contributed by atoms with E-state index in [0.29, 0.717) is 22.1 Å². The molecule has 2 aromatic heterocycles. The summed E-state index contributed by atoms with van der Waals surface area (Å²) in [5, 5.41) is 3.16. The van der Waals surface area contributed by atoms with Crippen molar-refractivity contribution in [2.24, 2.45) is 0 Å². The van der Waals surface area contributed by atoms with Gasteiger partial charge < -0.3 is 9.13 Å². The van der Waals surface area contributed by atoms with Crippen molar-refractivity contribution in [1.29, 1.82) is 0 Å². The van der Waals surface area contributed by atoms with Crippen molar-refractivity contribution in [3.05, 3.63) is 121 Å². The minimum absolute atomic E-state index is 0.00276. The number of nitrogens with zero attached hydrogens (tertiary/aromatic N) is 2. The smallest absolute Gasteiger partial charge is 0.0645 e. The number of rotatable bonds is 2. The van der Waals surface area contributed by atoms with Crippen LogP contribution in [0.25, 0.3) is 55.0 Å². The van der Waals surface area contributed by atoms with E-state index in [1.54, 1.807) is 15.2 Å². The van der Waals surface area contributed by atoms with Crippen LogP contribution in [-0.2, 0) is 0 Å². The molecule has 0 aliphatic carbocycles. The molecule has 7 aromatic rings. The minimum Gasteiger partial charge on any atom is -0.309 e. The number of fused-ring (bicyclic) bond motifs is 6. The lowest BCUT2D eigenvalue weighted by Crippen LogP contribution is -1.95. The van der Waals surface area contributed by atoms with Crippen molar-refractivity contribution in [2.45, 2.75) is 0 Å². The van der Waals surface area contributed by atoms with E-state index >= 15 is 0 Å². The lowest BCUT2D eigenvalue weighted by atomic mass is 10.1. The SMILES string of the molecule is [2H]c1c([2H])c([2H])c(-n2c3ccccc3c3cc4c5ccccc5n(-c5c([2H])c([2H])c([2H])c([2H])c5[2H])c4cc32)c([2H])c1[2H]. The summed E-state index contributed by atoms with van der Waals surface area (Å²) in [6, 6.07) is 14.4. The Morgan fingerprint density at radius 1 is 0.438 bits per heavy atom. The molecule has 32 heavy (non-hydrogen) atoms. The molecule has 0 spiro atoms. The zero-order chi connectivity index (χ0) is 29.8. The molecule has 0 bridgehead atoms. The molecule has 0 amide bonds. The van der Waals surface area contributed by atoms with Crippen molar-refractivity contribution in [2.75, 3.05) is 0 Å². The van der Waals surface area contributed by atoms with Gasteiger partial charge in [0, 0.05) is 32.9 Å². The van der Waals surface area contributed by atoms with Gasteiger partial charge in [-0.3, -0.25) is 0 Å². The highest BCUT2D eigenvalue weighted by Crippen LogP contribution is 2.39. The van der Waals surface area contributed by atoms with Gasteiger partial charge in [-0.15, -0.1) is 0 Å². The first-order valence-electron chi connectivity index (χ1n) is 15.2. The number of hydrogen-bond donors (Lipinski definition) is 0. The fraction of sp³-hybridized carbons (Fsp3) is 0. The summed E-state index contributed by atoms with van der Waals surface area (Å²) >= 11 is 0. The van der Waals surface area contributed by atoms with Gasteiger partial charge in [-0.1, -0.05) is 72.7 Å². The van der Waals surface area contributed by atoms with E-state index in [1.807, 2.05) is 54.6 Å². The van der Waals surface area contributed by atoms with E-state index in [9.17, 15) is 0 Å². The van der Waals surface area contributed by atoms with E-state index in [2.05, 4.69) is 0 Å². The highest BCUT2D eigenvalue weighted by Gasteiger charge is 2.17. The van der Waals surface area contributed by atoms with Crippen LogP contribution in [0.3, 0.4) is 0 Å². The molecule has 0 N–H and O–H groups in total. The predicted molar refractivity (Wildman–Crippen MR) is 135 cm³/mol. The molecule has 2 heterocycles. The summed E-state index contributed by atoms with van der Waals surface area (Å²) in [4.78, 5) is 0. The van der Waals surface area contributed by atoms with Crippen LogP contribution in [-0.4, -0.2) is 9.13 Å². The van der Waals surface area contributed by atoms with Gasteiger partial charge >= 0.3 is 0 Å². The Balaban J connectivity index is 1.73. The molecule has 5 aromatic carbocycles. The van der Waals surface area contributed by atoms with Crippen molar-refractivity contribution in [3.63, 3.8) is 0 Å². The van der Waals surface area contributed by atoms with Gasteiger partial charge in [0.1, 0.15) is 0 Å². The zero-order valence-electron chi connectivity index (χ0n) is 26.7. The van der Waals surface area contributed by atoms with Gasteiger partial charge in [0.15, 0.2) is 0 Å². The Morgan fingerprint density at radius 3 is 1.34 bits per heavy atom. The lowest BCUT2D eigenvalue weighted by molar-refractivity contribution is 1.16. The van der Waals surface area contributed by atoms with Crippen molar-refractivity contribution < 1.29 is 13.7 Å². The van der Waals surface area contributed by atoms with Crippen LogP contribution in [0.5, 0.6) is 0 Å². The average Bonchev–Trinajstić information content (AvgIpc) is 3.49. The molecule has 0 aliphatic rings. The topological polar surface area (TPSA) is 9.86 Å². The van der Waals surface area contributed by atoms with Gasteiger partial charge in [-0.05, 0) is 48.4 Å². The Labute approximate surface area is 199 Å². The second-order valence-electron chi connectivity index (χ2n) is 7.54. The third-order valence-electron chi connectivity index (χ3n) is 5.89. The first kappa shape index (κ1) is 10.3. The molecule has 0 aliphatic heterocycles. The van der Waals surface area contributed by atoms with E-state index in [4.69, 9.17) is 13.7 Å². The van der Waals surface area contributed by atoms with Crippen LogP contribution in [0.2, 0.25) is 0 Å². The standard InChI is InChI=1S/C30H20N2/c1-3-11-21(12-4-1)31-27-17-9-7-15-23(27)25-19-26-24-16-8-10-18-28(24)32(30(26)20-29(25)31)22-13-5-2-6-14-22/h1-20H/i1D,2D,3D,4D,5D,6D,11D,12D,13D,14D. The van der Waals surface area contributed by atoms with E-state index in [1.165, 1.54) is 0 Å². The van der Waals surface area contributed by atoms with Crippen LogP contribution in [0.1, 0.15) is 13.7 Å². The number of hydrogen-bond acceptors (Lipinski definition) is 0. The quantitative estimate of drug-likeness (QED) is 0.270. The molecule has 0 fully saturated rings. The summed E-state index contributed by atoms with van der Waals surface area (Å²) in [6.45, 7) is 0. The van der Waals surface area contributed by atoms with Gasteiger partial charge in [0.25, 0.3) is 0 Å². The lowest BCUT2D eigenvalue weighted by Gasteiger charge is -2.10. The molecular weight excluding hydrogens is 388 g/mol. The summed E-state index contributed by atoms with van der Waals surface area (Å²) in [6.07, 6.45) is 0. The zero-order valence-corrected chi connectivity index (χ0v) is 16.7. The molecule has 0 unspecified atom stereocenters. The van der Waals surface area contributed by atoms with Crippen LogP contribution in [0.4, 0.5) is 0 Å². The molecule has 150 valence electrons. The second kappa shape index (κ2) is 6.60. The van der Waals surface area contributed by atoms with E-state index in [-0.39, 0.29) is 35.5 Å². The molecule has 2 heteroatoms. The molecule has 0 radical (unpaired) electrons. The number of aromatic nitrogens is 2. The van der Waals surface area contributed by atoms with Crippen LogP contribution in [0, 0.1) is 0 Å². The maximum atomic E-state index is 8.71. The van der Waals surface area contributed by atoms with Gasteiger partial charge in [-0.25, -0.2) is 0 Å². The molecule has 0 saturated heterocycles. The number of para-hydroxylation sites is 4. The average molecular weight is 419 g/mol. The Bertz CT molecular complexity index is 2100.